The van der Waals surface area contributed by atoms with E-state index < -0.39 is 0 Å². The summed E-state index contributed by atoms with van der Waals surface area (Å²) in [6.45, 7) is 3.92. The van der Waals surface area contributed by atoms with E-state index in [0.717, 1.165) is 54.3 Å². The van der Waals surface area contributed by atoms with Crippen molar-refractivity contribution in [1.29, 1.82) is 5.26 Å². The predicted octanol–water partition coefficient (Wildman–Crippen LogP) is 5.30. The zero-order valence-corrected chi connectivity index (χ0v) is 19.8. The number of amides is 1. The second-order valence-electron chi connectivity index (χ2n) is 9.45. The van der Waals surface area contributed by atoms with Gasteiger partial charge < -0.3 is 14.6 Å². The number of piperidine rings is 1. The second-order valence-corrected chi connectivity index (χ2v) is 9.45. The molecule has 1 aliphatic carbocycles. The Labute approximate surface area is 200 Å². The number of imidazole rings is 1. The van der Waals surface area contributed by atoms with Crippen LogP contribution in [0.1, 0.15) is 76.1 Å². The number of ether oxygens (including phenoxy) is 1. The van der Waals surface area contributed by atoms with Crippen LogP contribution in [0.4, 0.5) is 0 Å². The molecule has 0 atom stereocenters. The number of benzene rings is 2. The number of H-pyrrole nitrogens is 1. The van der Waals surface area contributed by atoms with Gasteiger partial charge in [-0.15, -0.1) is 0 Å². The van der Waals surface area contributed by atoms with E-state index in [1.54, 1.807) is 7.11 Å². The van der Waals surface area contributed by atoms with Gasteiger partial charge in [0.1, 0.15) is 12.4 Å². The number of aryl methyl sites for hydroxylation is 1. The maximum Gasteiger partial charge on any atom is 0.253 e. The molecule has 0 unspecified atom stereocenters. The number of carbonyl (C=O) groups is 1. The Hall–Kier alpha value is -3.43. The Morgan fingerprint density at radius 1 is 1.12 bits per heavy atom. The lowest BCUT2D eigenvalue weighted by Gasteiger charge is -2.32. The number of hydrogen-bond donors (Lipinski definition) is 1. The topological polar surface area (TPSA) is 82.0 Å². The van der Waals surface area contributed by atoms with Crippen molar-refractivity contribution in [2.75, 3.05) is 20.2 Å². The van der Waals surface area contributed by atoms with E-state index in [1.807, 2.05) is 42.2 Å². The fraction of sp³-hybridized carbons (Fsp3) is 0.393. The number of nitrogens with zero attached hydrogens (tertiary/aromatic N) is 3. The first-order chi connectivity index (χ1) is 16.6. The third-order valence-corrected chi connectivity index (χ3v) is 7.09. The molecule has 1 N–H and O–H groups in total. The quantitative estimate of drug-likeness (QED) is 0.548. The highest BCUT2D eigenvalue weighted by Crippen LogP contribution is 2.45. The van der Waals surface area contributed by atoms with E-state index in [2.05, 4.69) is 28.2 Å². The van der Waals surface area contributed by atoms with Gasteiger partial charge in [0, 0.05) is 31.3 Å². The zero-order chi connectivity index (χ0) is 23.7. The maximum atomic E-state index is 13.4. The van der Waals surface area contributed by atoms with Crippen LogP contribution >= 0.6 is 0 Å². The summed E-state index contributed by atoms with van der Waals surface area (Å²) in [5, 5.41) is 9.02. The van der Waals surface area contributed by atoms with Crippen molar-refractivity contribution in [3.05, 3.63) is 76.2 Å². The molecule has 0 radical (unpaired) electrons. The molecule has 1 amide bonds. The van der Waals surface area contributed by atoms with Crippen molar-refractivity contribution < 1.29 is 9.53 Å². The molecule has 1 aromatic heterocycles. The average molecular weight is 455 g/mol. The van der Waals surface area contributed by atoms with Gasteiger partial charge in [0.2, 0.25) is 0 Å². The van der Waals surface area contributed by atoms with Gasteiger partial charge in [0.15, 0.2) is 0 Å². The Kier molecular flexibility index (Phi) is 6.21. The first kappa shape index (κ1) is 22.4. The van der Waals surface area contributed by atoms with Crippen LogP contribution in [-0.2, 0) is 11.3 Å². The van der Waals surface area contributed by atoms with Crippen LogP contribution in [-0.4, -0.2) is 41.0 Å². The Morgan fingerprint density at radius 2 is 1.85 bits per heavy atom. The van der Waals surface area contributed by atoms with Crippen molar-refractivity contribution in [3.8, 4) is 17.3 Å². The number of carbonyl (C=O) groups excluding carboxylic acids is 1. The first-order valence-electron chi connectivity index (χ1n) is 12.1. The number of rotatable bonds is 6. The van der Waals surface area contributed by atoms with Crippen LogP contribution < -0.4 is 0 Å². The Bertz CT molecular complexity index is 1230. The van der Waals surface area contributed by atoms with Crippen molar-refractivity contribution >= 4 is 5.91 Å². The SMILES string of the molecule is COCc1nc(C)c(-c2cc(C(=O)N3CCC(c4ccc(C#N)cc4)CC3)ccc2C2CC2)[nH]1. The standard InChI is InChI=1S/C28H30N4O2/c1-18-27(31-26(30-18)17-34-2)25-15-23(9-10-24(25)22-7-8-22)28(33)32-13-11-21(12-14-32)20-5-3-19(16-29)4-6-20/h3-6,9-10,15,21-22H,7-8,11-14,17H2,1-2H3,(H,30,31). The molecule has 2 fully saturated rings. The molecule has 3 aromatic rings. The van der Waals surface area contributed by atoms with Gasteiger partial charge in [-0.25, -0.2) is 4.98 Å². The molecule has 6 nitrogen and oxygen atoms in total. The van der Waals surface area contributed by atoms with Gasteiger partial charge in [-0.1, -0.05) is 18.2 Å². The smallest absolute Gasteiger partial charge is 0.253 e. The normalized spacial score (nSPS) is 16.4. The second kappa shape index (κ2) is 9.44. The minimum Gasteiger partial charge on any atom is -0.377 e. The van der Waals surface area contributed by atoms with E-state index >= 15 is 0 Å². The molecule has 6 heteroatoms. The number of hydrogen-bond acceptors (Lipinski definition) is 4. The summed E-state index contributed by atoms with van der Waals surface area (Å²) in [4.78, 5) is 23.5. The summed E-state index contributed by atoms with van der Waals surface area (Å²) >= 11 is 0. The fourth-order valence-electron chi connectivity index (χ4n) is 5.07. The van der Waals surface area contributed by atoms with Crippen molar-refractivity contribution in [1.82, 2.24) is 14.9 Å². The van der Waals surface area contributed by atoms with Crippen LogP contribution in [0.3, 0.4) is 0 Å². The molecule has 174 valence electrons. The Morgan fingerprint density at radius 3 is 2.50 bits per heavy atom. The fourth-order valence-corrected chi connectivity index (χ4v) is 5.07. The average Bonchev–Trinajstić information content (AvgIpc) is 3.66. The molecule has 1 saturated heterocycles. The van der Waals surface area contributed by atoms with Crippen LogP contribution in [0.5, 0.6) is 0 Å². The third kappa shape index (κ3) is 4.49. The van der Waals surface area contributed by atoms with Gasteiger partial charge in [0.25, 0.3) is 5.91 Å². The summed E-state index contributed by atoms with van der Waals surface area (Å²) < 4.78 is 5.25. The summed E-state index contributed by atoms with van der Waals surface area (Å²) in [5.41, 5.74) is 6.98. The molecular formula is C28H30N4O2. The van der Waals surface area contributed by atoms with Gasteiger partial charge in [0.05, 0.1) is 23.0 Å². The molecular weight excluding hydrogens is 424 g/mol. The highest BCUT2D eigenvalue weighted by atomic mass is 16.5. The monoisotopic (exact) mass is 454 g/mol. The lowest BCUT2D eigenvalue weighted by atomic mass is 9.88. The molecule has 5 rings (SSSR count). The third-order valence-electron chi connectivity index (χ3n) is 7.09. The van der Waals surface area contributed by atoms with Gasteiger partial charge >= 0.3 is 0 Å². The molecule has 34 heavy (non-hydrogen) atoms. The van der Waals surface area contributed by atoms with E-state index in [1.165, 1.54) is 24.0 Å². The van der Waals surface area contributed by atoms with Gasteiger partial charge in [-0.05, 0) is 79.8 Å². The highest BCUT2D eigenvalue weighted by molar-refractivity contribution is 5.96. The Balaban J connectivity index is 1.34. The molecule has 2 heterocycles. The number of aromatic nitrogens is 2. The van der Waals surface area contributed by atoms with Crippen molar-refractivity contribution in [2.45, 2.75) is 51.0 Å². The predicted molar refractivity (Wildman–Crippen MR) is 130 cm³/mol. The molecule has 2 aromatic carbocycles. The summed E-state index contributed by atoms with van der Waals surface area (Å²) in [5.74, 6) is 1.89. The van der Waals surface area contributed by atoms with Crippen LogP contribution in [0.2, 0.25) is 0 Å². The molecule has 0 spiro atoms. The maximum absolute atomic E-state index is 13.4. The number of methoxy groups -OCH3 is 1. The minimum absolute atomic E-state index is 0.0937. The van der Waals surface area contributed by atoms with Gasteiger partial charge in [-0.3, -0.25) is 4.79 Å². The van der Waals surface area contributed by atoms with E-state index in [4.69, 9.17) is 10.00 Å². The molecule has 2 aliphatic rings. The van der Waals surface area contributed by atoms with E-state index in [-0.39, 0.29) is 5.91 Å². The number of likely N-dealkylation sites (tertiary alicyclic amines) is 1. The van der Waals surface area contributed by atoms with Crippen molar-refractivity contribution in [3.63, 3.8) is 0 Å². The first-order valence-corrected chi connectivity index (χ1v) is 12.1. The summed E-state index contributed by atoms with van der Waals surface area (Å²) in [6, 6.07) is 16.2. The number of nitriles is 1. The molecule has 1 aliphatic heterocycles. The number of nitrogens with one attached hydrogen (secondary N) is 1. The summed E-state index contributed by atoms with van der Waals surface area (Å²) in [7, 11) is 1.66. The molecule has 1 saturated carbocycles. The summed E-state index contributed by atoms with van der Waals surface area (Å²) in [6.07, 6.45) is 4.26. The van der Waals surface area contributed by atoms with E-state index in [0.29, 0.717) is 24.0 Å². The highest BCUT2D eigenvalue weighted by Gasteiger charge is 2.30. The minimum atomic E-state index is 0.0937. The van der Waals surface area contributed by atoms with Crippen LogP contribution in [0.25, 0.3) is 11.3 Å². The van der Waals surface area contributed by atoms with Gasteiger partial charge in [-0.2, -0.15) is 5.26 Å². The lowest BCUT2D eigenvalue weighted by Crippen LogP contribution is -2.38. The van der Waals surface area contributed by atoms with E-state index in [9.17, 15) is 4.79 Å². The van der Waals surface area contributed by atoms with Crippen molar-refractivity contribution in [2.24, 2.45) is 0 Å². The van der Waals surface area contributed by atoms with Crippen LogP contribution in [0.15, 0.2) is 42.5 Å². The largest absolute Gasteiger partial charge is 0.377 e. The zero-order valence-electron chi connectivity index (χ0n) is 19.8. The lowest BCUT2D eigenvalue weighted by molar-refractivity contribution is 0.0713. The van der Waals surface area contributed by atoms with Crippen LogP contribution in [0, 0.1) is 18.3 Å². The number of aromatic amines is 1. The molecule has 0 bridgehead atoms.